The summed E-state index contributed by atoms with van der Waals surface area (Å²) in [4.78, 5) is 4.14. The van der Waals surface area contributed by atoms with Crippen molar-refractivity contribution in [3.8, 4) is 11.6 Å². The lowest BCUT2D eigenvalue weighted by molar-refractivity contribution is 0.275. The second-order valence-electron chi connectivity index (χ2n) is 6.93. The van der Waals surface area contributed by atoms with Gasteiger partial charge in [-0.3, -0.25) is 0 Å². The average molecular weight is 426 g/mol. The van der Waals surface area contributed by atoms with Crippen molar-refractivity contribution in [1.29, 1.82) is 0 Å². The fraction of sp³-hybridized carbons (Fsp3) is 0.353. The highest BCUT2D eigenvalue weighted by Crippen LogP contribution is 2.36. The molecule has 0 saturated heterocycles. The molecule has 2 heterocycles. The summed E-state index contributed by atoms with van der Waals surface area (Å²) in [7, 11) is 0. The van der Waals surface area contributed by atoms with E-state index < -0.39 is 0 Å². The number of aromatic nitrogens is 4. The Morgan fingerprint density at radius 2 is 2.08 bits per heavy atom. The smallest absolute Gasteiger partial charge is 0.224 e. The summed E-state index contributed by atoms with van der Waals surface area (Å²) in [6.07, 6.45) is 1.47. The zero-order valence-corrected chi connectivity index (χ0v) is 16.5. The first kappa shape index (κ1) is 18.1. The maximum Gasteiger partial charge on any atom is 0.224 e. The fourth-order valence-electron chi connectivity index (χ4n) is 2.41. The molecule has 0 aliphatic carbocycles. The summed E-state index contributed by atoms with van der Waals surface area (Å²) in [5, 5.41) is 18.4. The first-order valence-electron chi connectivity index (χ1n) is 7.73. The summed E-state index contributed by atoms with van der Waals surface area (Å²) in [6, 6.07) is 5.36. The fourth-order valence-corrected chi connectivity index (χ4v) is 3.09. The third-order valence-electron chi connectivity index (χ3n) is 3.48. The van der Waals surface area contributed by atoms with Gasteiger partial charge < -0.3 is 9.84 Å². The van der Waals surface area contributed by atoms with E-state index in [-0.39, 0.29) is 12.0 Å². The van der Waals surface area contributed by atoms with Crippen LogP contribution < -0.4 is 4.74 Å². The third-order valence-corrected chi connectivity index (χ3v) is 4.46. The molecule has 1 N–H and O–H groups in total. The number of ether oxygens (including phenoxy) is 1. The Morgan fingerprint density at radius 1 is 1.32 bits per heavy atom. The van der Waals surface area contributed by atoms with E-state index in [1.165, 1.54) is 6.20 Å². The molecule has 132 valence electrons. The molecule has 1 aromatic carbocycles. The number of hydrogen-bond acceptors (Lipinski definition) is 5. The molecule has 0 bridgehead atoms. The van der Waals surface area contributed by atoms with Crippen molar-refractivity contribution in [3.05, 3.63) is 39.5 Å². The zero-order chi connectivity index (χ0) is 18.2. The molecule has 0 saturated carbocycles. The number of aliphatic hydroxyl groups is 1. The van der Waals surface area contributed by atoms with E-state index in [0.29, 0.717) is 32.2 Å². The first-order valence-corrected chi connectivity index (χ1v) is 8.90. The molecule has 0 unspecified atom stereocenters. The minimum atomic E-state index is -0.218. The van der Waals surface area contributed by atoms with Crippen LogP contribution in [0.4, 0.5) is 0 Å². The van der Waals surface area contributed by atoms with Crippen LogP contribution in [-0.4, -0.2) is 25.1 Å². The maximum absolute atomic E-state index is 9.46. The number of pyridine rings is 1. The molecular weight excluding hydrogens is 408 g/mol. The highest BCUT2D eigenvalue weighted by molar-refractivity contribution is 9.10. The number of rotatable bonds is 4. The van der Waals surface area contributed by atoms with E-state index in [4.69, 9.17) is 16.3 Å². The Kier molecular flexibility index (Phi) is 4.99. The molecule has 0 radical (unpaired) electrons. The normalized spacial score (nSPS) is 11.9. The van der Waals surface area contributed by atoms with Gasteiger partial charge in [0.2, 0.25) is 5.88 Å². The third kappa shape index (κ3) is 3.94. The maximum atomic E-state index is 9.46. The van der Waals surface area contributed by atoms with E-state index in [9.17, 15) is 5.11 Å². The second kappa shape index (κ2) is 6.90. The molecule has 3 aromatic rings. The van der Waals surface area contributed by atoms with Gasteiger partial charge in [-0.15, -0.1) is 5.10 Å². The predicted molar refractivity (Wildman–Crippen MR) is 99.9 cm³/mol. The van der Waals surface area contributed by atoms with Crippen LogP contribution in [0.1, 0.15) is 26.3 Å². The van der Waals surface area contributed by atoms with Crippen molar-refractivity contribution in [2.45, 2.75) is 33.9 Å². The lowest BCUT2D eigenvalue weighted by Crippen LogP contribution is -2.16. The van der Waals surface area contributed by atoms with Gasteiger partial charge in [0.25, 0.3) is 0 Å². The van der Waals surface area contributed by atoms with Crippen LogP contribution in [0.3, 0.4) is 0 Å². The molecule has 0 aliphatic rings. The molecule has 0 atom stereocenters. The minimum Gasteiger partial charge on any atom is -0.437 e. The van der Waals surface area contributed by atoms with Crippen LogP contribution in [0, 0.1) is 5.41 Å². The van der Waals surface area contributed by atoms with Gasteiger partial charge in [-0.1, -0.05) is 37.6 Å². The summed E-state index contributed by atoms with van der Waals surface area (Å²) in [6.45, 7) is 6.98. The number of aliphatic hydroxyl groups excluding tert-OH is 1. The van der Waals surface area contributed by atoms with Crippen LogP contribution in [0.2, 0.25) is 5.02 Å². The van der Waals surface area contributed by atoms with Crippen molar-refractivity contribution in [3.63, 3.8) is 0 Å². The van der Waals surface area contributed by atoms with Gasteiger partial charge >= 0.3 is 0 Å². The summed E-state index contributed by atoms with van der Waals surface area (Å²) in [5.74, 6) is 0.842. The lowest BCUT2D eigenvalue weighted by atomic mass is 9.97. The van der Waals surface area contributed by atoms with E-state index in [1.54, 1.807) is 6.07 Å². The van der Waals surface area contributed by atoms with Gasteiger partial charge in [0.1, 0.15) is 11.3 Å². The van der Waals surface area contributed by atoms with E-state index in [1.807, 2.05) is 16.8 Å². The Hall–Kier alpha value is -1.70. The van der Waals surface area contributed by atoms with Crippen LogP contribution in [0.5, 0.6) is 11.6 Å². The minimum absolute atomic E-state index is 0.0888. The summed E-state index contributed by atoms with van der Waals surface area (Å²) in [5.41, 5.74) is 2.23. The number of halogens is 2. The molecule has 6 nitrogen and oxygen atoms in total. The van der Waals surface area contributed by atoms with Crippen LogP contribution >= 0.6 is 27.5 Å². The molecule has 0 amide bonds. The Balaban J connectivity index is 1.98. The van der Waals surface area contributed by atoms with Crippen molar-refractivity contribution in [2.24, 2.45) is 5.41 Å². The standard InChI is InChI=1S/C17H18BrClN4O2/c1-17(2,3)9-23-12-4-5-13(14(18)15(12)21-22-23)25-16-10(8-24)6-11(19)7-20-16/h4-7,24H,8-9H2,1-3H3. The summed E-state index contributed by atoms with van der Waals surface area (Å²) >= 11 is 9.44. The van der Waals surface area contributed by atoms with Gasteiger partial charge in [0, 0.05) is 18.3 Å². The second-order valence-corrected chi connectivity index (χ2v) is 8.16. The monoisotopic (exact) mass is 424 g/mol. The van der Waals surface area contributed by atoms with Crippen molar-refractivity contribution >= 4 is 38.6 Å². The topological polar surface area (TPSA) is 73.1 Å². The van der Waals surface area contributed by atoms with Gasteiger partial charge in [-0.2, -0.15) is 0 Å². The average Bonchev–Trinajstić information content (AvgIpc) is 2.93. The first-order chi connectivity index (χ1) is 11.8. The van der Waals surface area contributed by atoms with E-state index in [0.717, 1.165) is 12.1 Å². The molecule has 2 aromatic heterocycles. The van der Waals surface area contributed by atoms with Crippen molar-refractivity contribution in [2.75, 3.05) is 0 Å². The quantitative estimate of drug-likeness (QED) is 0.662. The Bertz CT molecular complexity index is 921. The molecule has 3 rings (SSSR count). The number of fused-ring (bicyclic) bond motifs is 1. The lowest BCUT2D eigenvalue weighted by Gasteiger charge is -2.18. The molecule has 0 fully saturated rings. The molecule has 25 heavy (non-hydrogen) atoms. The van der Waals surface area contributed by atoms with E-state index in [2.05, 4.69) is 52.0 Å². The molecular formula is C17H18BrClN4O2. The Morgan fingerprint density at radius 3 is 2.76 bits per heavy atom. The predicted octanol–water partition coefficient (Wildman–Crippen LogP) is 4.57. The number of hydrogen-bond donors (Lipinski definition) is 1. The molecule has 0 aliphatic heterocycles. The highest BCUT2D eigenvalue weighted by atomic mass is 79.9. The van der Waals surface area contributed by atoms with E-state index >= 15 is 0 Å². The summed E-state index contributed by atoms with van der Waals surface area (Å²) < 4.78 is 8.42. The van der Waals surface area contributed by atoms with Gasteiger partial charge in [-0.25, -0.2) is 9.67 Å². The Labute approximate surface area is 158 Å². The van der Waals surface area contributed by atoms with Crippen molar-refractivity contribution in [1.82, 2.24) is 20.0 Å². The highest BCUT2D eigenvalue weighted by Gasteiger charge is 2.18. The molecule has 8 heteroatoms. The van der Waals surface area contributed by atoms with Crippen LogP contribution in [-0.2, 0) is 13.2 Å². The molecule has 0 spiro atoms. The van der Waals surface area contributed by atoms with Crippen molar-refractivity contribution < 1.29 is 9.84 Å². The number of benzene rings is 1. The van der Waals surface area contributed by atoms with Gasteiger partial charge in [0.15, 0.2) is 0 Å². The number of nitrogens with zero attached hydrogens (tertiary/aromatic N) is 4. The zero-order valence-electron chi connectivity index (χ0n) is 14.1. The largest absolute Gasteiger partial charge is 0.437 e. The SMILES string of the molecule is CC(C)(C)Cn1nnc2c(Br)c(Oc3ncc(Cl)cc3CO)ccc21. The van der Waals surface area contributed by atoms with Gasteiger partial charge in [-0.05, 0) is 39.5 Å². The van der Waals surface area contributed by atoms with Crippen LogP contribution in [0.15, 0.2) is 28.9 Å². The van der Waals surface area contributed by atoms with Gasteiger partial charge in [0.05, 0.1) is 21.6 Å². The van der Waals surface area contributed by atoms with Crippen LogP contribution in [0.25, 0.3) is 11.0 Å².